The van der Waals surface area contributed by atoms with Crippen molar-refractivity contribution in [3.05, 3.63) is 29.3 Å². The Labute approximate surface area is 117 Å². The lowest BCUT2D eigenvalue weighted by Crippen LogP contribution is -2.38. The maximum absolute atomic E-state index is 5.30. The van der Waals surface area contributed by atoms with Gasteiger partial charge in [-0.3, -0.25) is 0 Å². The molecule has 1 aliphatic carbocycles. The summed E-state index contributed by atoms with van der Waals surface area (Å²) in [6.45, 7) is 7.83. The van der Waals surface area contributed by atoms with E-state index >= 15 is 0 Å². The van der Waals surface area contributed by atoms with Crippen LogP contribution in [0.1, 0.15) is 44.2 Å². The van der Waals surface area contributed by atoms with E-state index in [1.807, 2.05) is 0 Å². The molecule has 19 heavy (non-hydrogen) atoms. The quantitative estimate of drug-likeness (QED) is 0.887. The van der Waals surface area contributed by atoms with Crippen LogP contribution >= 0.6 is 0 Å². The molecule has 0 saturated heterocycles. The molecule has 1 aromatic carbocycles. The summed E-state index contributed by atoms with van der Waals surface area (Å²) < 4.78 is 5.30. The van der Waals surface area contributed by atoms with Crippen molar-refractivity contribution >= 4 is 0 Å². The lowest BCUT2D eigenvalue weighted by atomic mass is 9.80. The fraction of sp³-hybridized carbons (Fsp3) is 0.647. The molecule has 2 nitrogen and oxygen atoms in total. The predicted molar refractivity (Wildman–Crippen MR) is 80.5 cm³/mol. The maximum atomic E-state index is 5.30. The number of benzene rings is 1. The Morgan fingerprint density at radius 2 is 2.05 bits per heavy atom. The van der Waals surface area contributed by atoms with E-state index in [1.165, 1.54) is 30.4 Å². The van der Waals surface area contributed by atoms with E-state index in [0.717, 1.165) is 24.1 Å². The van der Waals surface area contributed by atoms with Crippen molar-refractivity contribution in [2.75, 3.05) is 7.11 Å². The van der Waals surface area contributed by atoms with E-state index in [-0.39, 0.29) is 0 Å². The van der Waals surface area contributed by atoms with Crippen LogP contribution in [0.15, 0.2) is 18.2 Å². The van der Waals surface area contributed by atoms with E-state index in [2.05, 4.69) is 44.3 Å². The summed E-state index contributed by atoms with van der Waals surface area (Å²) >= 11 is 0. The molecule has 0 amide bonds. The molecule has 1 aromatic rings. The summed E-state index contributed by atoms with van der Waals surface area (Å²) in [5, 5.41) is 3.73. The molecule has 106 valence electrons. The van der Waals surface area contributed by atoms with Crippen LogP contribution in [0.2, 0.25) is 0 Å². The van der Waals surface area contributed by atoms with E-state index < -0.39 is 0 Å². The van der Waals surface area contributed by atoms with Crippen LogP contribution in [0.4, 0.5) is 0 Å². The molecule has 1 saturated carbocycles. The molecular formula is C17H27NO. The Morgan fingerprint density at radius 1 is 1.26 bits per heavy atom. The van der Waals surface area contributed by atoms with Crippen LogP contribution in [0.3, 0.4) is 0 Å². The Bertz CT molecular complexity index is 416. The van der Waals surface area contributed by atoms with Gasteiger partial charge < -0.3 is 10.1 Å². The van der Waals surface area contributed by atoms with Crippen LogP contribution in [-0.2, 0) is 6.54 Å². The monoisotopic (exact) mass is 261 g/mol. The minimum Gasteiger partial charge on any atom is -0.496 e. The van der Waals surface area contributed by atoms with Gasteiger partial charge in [0.15, 0.2) is 0 Å². The molecule has 0 heterocycles. The van der Waals surface area contributed by atoms with Crippen molar-refractivity contribution in [2.45, 2.75) is 52.6 Å². The normalized spacial score (nSPS) is 27.3. The minimum atomic E-state index is 0.679. The van der Waals surface area contributed by atoms with Crippen LogP contribution in [0.25, 0.3) is 0 Å². The Kier molecular flexibility index (Phi) is 4.87. The zero-order chi connectivity index (χ0) is 13.8. The predicted octanol–water partition coefficient (Wildman–Crippen LogP) is 3.92. The summed E-state index contributed by atoms with van der Waals surface area (Å²) in [4.78, 5) is 0. The highest BCUT2D eigenvalue weighted by atomic mass is 16.5. The van der Waals surface area contributed by atoms with Crippen LogP contribution in [0.5, 0.6) is 5.75 Å². The lowest BCUT2D eigenvalue weighted by molar-refractivity contribution is 0.227. The fourth-order valence-electron chi connectivity index (χ4n) is 3.27. The van der Waals surface area contributed by atoms with Gasteiger partial charge in [0.25, 0.3) is 0 Å². The molecule has 0 radical (unpaired) electrons. The molecule has 3 atom stereocenters. The molecule has 0 bridgehead atoms. The van der Waals surface area contributed by atoms with Gasteiger partial charge in [-0.25, -0.2) is 0 Å². The topological polar surface area (TPSA) is 21.3 Å². The van der Waals surface area contributed by atoms with E-state index in [0.29, 0.717) is 6.04 Å². The van der Waals surface area contributed by atoms with Crippen molar-refractivity contribution in [3.8, 4) is 5.75 Å². The summed E-state index contributed by atoms with van der Waals surface area (Å²) in [5.74, 6) is 2.67. The molecule has 1 fully saturated rings. The summed E-state index contributed by atoms with van der Waals surface area (Å²) in [6, 6.07) is 7.13. The first-order valence-corrected chi connectivity index (χ1v) is 7.47. The van der Waals surface area contributed by atoms with Crippen molar-refractivity contribution < 1.29 is 4.74 Å². The van der Waals surface area contributed by atoms with Gasteiger partial charge in [-0.15, -0.1) is 0 Å². The molecule has 2 rings (SSSR count). The van der Waals surface area contributed by atoms with E-state index in [1.54, 1.807) is 7.11 Å². The number of hydrogen-bond donors (Lipinski definition) is 1. The Balaban J connectivity index is 1.90. The highest BCUT2D eigenvalue weighted by Gasteiger charge is 2.24. The SMILES string of the molecule is COc1ccc(CNC2CCC(C)CC2C)cc1C. The van der Waals surface area contributed by atoms with Gasteiger partial charge in [-0.2, -0.15) is 0 Å². The van der Waals surface area contributed by atoms with Crippen LogP contribution < -0.4 is 10.1 Å². The number of aryl methyl sites for hydroxylation is 1. The first-order chi connectivity index (χ1) is 9.10. The van der Waals surface area contributed by atoms with Gasteiger partial charge in [0.2, 0.25) is 0 Å². The third kappa shape index (κ3) is 3.73. The summed E-state index contributed by atoms with van der Waals surface area (Å²) in [6.07, 6.45) is 4.04. The molecular weight excluding hydrogens is 234 g/mol. The number of ether oxygens (including phenoxy) is 1. The van der Waals surface area contributed by atoms with Crippen molar-refractivity contribution in [1.82, 2.24) is 5.32 Å². The Morgan fingerprint density at radius 3 is 2.68 bits per heavy atom. The standard InChI is InChI=1S/C17H27NO/c1-12-5-7-16(13(2)9-12)18-11-15-6-8-17(19-4)14(3)10-15/h6,8,10,12-13,16,18H,5,7,9,11H2,1-4H3. The van der Waals surface area contributed by atoms with Crippen molar-refractivity contribution in [2.24, 2.45) is 11.8 Å². The summed E-state index contributed by atoms with van der Waals surface area (Å²) in [5.41, 5.74) is 2.57. The molecule has 1 N–H and O–H groups in total. The maximum Gasteiger partial charge on any atom is 0.121 e. The van der Waals surface area contributed by atoms with Gasteiger partial charge in [-0.1, -0.05) is 26.0 Å². The van der Waals surface area contributed by atoms with Crippen LogP contribution in [0, 0.1) is 18.8 Å². The first kappa shape index (κ1) is 14.4. The van der Waals surface area contributed by atoms with Gasteiger partial charge in [-0.05, 0) is 55.2 Å². The number of rotatable bonds is 4. The second kappa shape index (κ2) is 6.42. The van der Waals surface area contributed by atoms with Gasteiger partial charge >= 0.3 is 0 Å². The van der Waals surface area contributed by atoms with Gasteiger partial charge in [0.05, 0.1) is 7.11 Å². The zero-order valence-corrected chi connectivity index (χ0v) is 12.7. The first-order valence-electron chi connectivity index (χ1n) is 7.47. The number of methoxy groups -OCH3 is 1. The molecule has 2 heteroatoms. The minimum absolute atomic E-state index is 0.679. The number of hydrogen-bond acceptors (Lipinski definition) is 2. The number of nitrogens with one attached hydrogen (secondary N) is 1. The highest BCUT2D eigenvalue weighted by Crippen LogP contribution is 2.29. The van der Waals surface area contributed by atoms with Gasteiger partial charge in [0.1, 0.15) is 5.75 Å². The smallest absolute Gasteiger partial charge is 0.121 e. The zero-order valence-electron chi connectivity index (χ0n) is 12.7. The molecule has 0 aromatic heterocycles. The second-order valence-corrected chi connectivity index (χ2v) is 6.19. The van der Waals surface area contributed by atoms with E-state index in [9.17, 15) is 0 Å². The lowest BCUT2D eigenvalue weighted by Gasteiger charge is -2.33. The fourth-order valence-corrected chi connectivity index (χ4v) is 3.27. The Hall–Kier alpha value is -1.02. The molecule has 3 unspecified atom stereocenters. The average Bonchev–Trinajstić information content (AvgIpc) is 2.38. The largest absolute Gasteiger partial charge is 0.496 e. The average molecular weight is 261 g/mol. The van der Waals surface area contributed by atoms with Crippen molar-refractivity contribution in [3.63, 3.8) is 0 Å². The third-order valence-electron chi connectivity index (χ3n) is 4.46. The summed E-state index contributed by atoms with van der Waals surface area (Å²) in [7, 11) is 1.73. The van der Waals surface area contributed by atoms with Gasteiger partial charge in [0, 0.05) is 12.6 Å². The van der Waals surface area contributed by atoms with Crippen molar-refractivity contribution in [1.29, 1.82) is 0 Å². The second-order valence-electron chi connectivity index (χ2n) is 6.19. The van der Waals surface area contributed by atoms with E-state index in [4.69, 9.17) is 4.74 Å². The third-order valence-corrected chi connectivity index (χ3v) is 4.46. The molecule has 1 aliphatic rings. The molecule has 0 aliphatic heterocycles. The molecule has 0 spiro atoms. The van der Waals surface area contributed by atoms with Crippen LogP contribution in [-0.4, -0.2) is 13.2 Å². The highest BCUT2D eigenvalue weighted by molar-refractivity contribution is 5.36.